The Hall–Kier alpha value is -2.35. The molecule has 0 heterocycles. The van der Waals surface area contributed by atoms with Crippen molar-refractivity contribution in [3.05, 3.63) is 70.8 Å². The third kappa shape index (κ3) is 3.15. The zero-order valence-electron chi connectivity index (χ0n) is 11.9. The van der Waals surface area contributed by atoms with Gasteiger partial charge in [0, 0.05) is 23.4 Å². The Morgan fingerprint density at radius 3 is 2.60 bits per heavy atom. The Bertz CT molecular complexity index is 629. The maximum atomic E-state index is 11.1. The molecule has 2 aromatic carbocycles. The number of rotatable bonds is 5. The molecule has 0 unspecified atom stereocenters. The molecule has 2 rings (SSSR count). The Morgan fingerprint density at radius 2 is 1.90 bits per heavy atom. The number of anilines is 1. The molecule has 20 heavy (non-hydrogen) atoms. The van der Waals surface area contributed by atoms with Crippen LogP contribution in [-0.2, 0) is 6.54 Å². The van der Waals surface area contributed by atoms with Crippen molar-refractivity contribution in [2.75, 3.05) is 5.32 Å². The average Bonchev–Trinajstić information content (AvgIpc) is 2.47. The fourth-order valence-electron chi connectivity index (χ4n) is 2.19. The summed E-state index contributed by atoms with van der Waals surface area (Å²) >= 11 is 0. The summed E-state index contributed by atoms with van der Waals surface area (Å²) in [6.07, 6.45) is 4.81. The normalized spacial score (nSPS) is 10.7. The molecule has 0 aromatic heterocycles. The molecule has 0 atom stereocenters. The molecule has 0 aliphatic carbocycles. The van der Waals surface area contributed by atoms with Crippen molar-refractivity contribution in [2.45, 2.75) is 20.4 Å². The van der Waals surface area contributed by atoms with Crippen molar-refractivity contribution in [3.63, 3.8) is 0 Å². The molecule has 2 heteroatoms. The minimum absolute atomic E-state index is 0.706. The molecule has 0 aliphatic rings. The molecular weight excluding hydrogens is 246 g/mol. The summed E-state index contributed by atoms with van der Waals surface area (Å²) in [6, 6.07) is 14.0. The van der Waals surface area contributed by atoms with Gasteiger partial charge in [-0.15, -0.1) is 0 Å². The van der Waals surface area contributed by atoms with Crippen molar-refractivity contribution in [1.29, 1.82) is 0 Å². The highest BCUT2D eigenvalue weighted by molar-refractivity contribution is 5.86. The maximum absolute atomic E-state index is 11.1. The lowest BCUT2D eigenvalue weighted by atomic mass is 10.0. The van der Waals surface area contributed by atoms with E-state index in [1.54, 1.807) is 0 Å². The first kappa shape index (κ1) is 14.1. The first-order valence-electron chi connectivity index (χ1n) is 6.75. The summed E-state index contributed by atoms with van der Waals surface area (Å²) < 4.78 is 0. The number of carbonyl (C=O) groups is 1. The first-order valence-corrected chi connectivity index (χ1v) is 6.75. The minimum Gasteiger partial charge on any atom is -0.380 e. The number of benzene rings is 2. The lowest BCUT2D eigenvalue weighted by Gasteiger charge is -2.13. The van der Waals surface area contributed by atoms with E-state index in [4.69, 9.17) is 0 Å². The third-order valence-electron chi connectivity index (χ3n) is 3.33. The largest absolute Gasteiger partial charge is 0.380 e. The van der Waals surface area contributed by atoms with Gasteiger partial charge in [0.2, 0.25) is 0 Å². The van der Waals surface area contributed by atoms with Gasteiger partial charge in [-0.25, -0.2) is 0 Å². The van der Waals surface area contributed by atoms with Crippen LogP contribution in [-0.4, -0.2) is 6.29 Å². The quantitative estimate of drug-likeness (QED) is 0.809. The van der Waals surface area contributed by atoms with Gasteiger partial charge in [-0.1, -0.05) is 48.6 Å². The Balaban J connectivity index is 2.25. The number of hydrogen-bond donors (Lipinski definition) is 1. The molecule has 0 spiro atoms. The fourth-order valence-corrected chi connectivity index (χ4v) is 2.19. The third-order valence-corrected chi connectivity index (χ3v) is 3.33. The Labute approximate surface area is 120 Å². The van der Waals surface area contributed by atoms with Crippen molar-refractivity contribution in [1.82, 2.24) is 0 Å². The molecule has 0 saturated carbocycles. The second kappa shape index (κ2) is 6.71. The van der Waals surface area contributed by atoms with E-state index in [1.165, 1.54) is 11.1 Å². The second-order valence-corrected chi connectivity index (χ2v) is 4.71. The van der Waals surface area contributed by atoms with Gasteiger partial charge in [0.25, 0.3) is 0 Å². The Kier molecular flexibility index (Phi) is 4.72. The van der Waals surface area contributed by atoms with E-state index in [9.17, 15) is 4.79 Å². The molecule has 0 aliphatic heterocycles. The Morgan fingerprint density at radius 1 is 1.10 bits per heavy atom. The van der Waals surface area contributed by atoms with Gasteiger partial charge in [0.15, 0.2) is 6.29 Å². The molecule has 0 bridgehead atoms. The van der Waals surface area contributed by atoms with Gasteiger partial charge in [-0.2, -0.15) is 0 Å². The van der Waals surface area contributed by atoms with Crippen LogP contribution in [0.25, 0.3) is 6.08 Å². The lowest BCUT2D eigenvalue weighted by Crippen LogP contribution is -2.03. The molecule has 0 saturated heterocycles. The van der Waals surface area contributed by atoms with Crippen LogP contribution in [0.1, 0.15) is 34.0 Å². The van der Waals surface area contributed by atoms with E-state index in [-0.39, 0.29) is 0 Å². The van der Waals surface area contributed by atoms with Crippen molar-refractivity contribution < 1.29 is 4.79 Å². The van der Waals surface area contributed by atoms with E-state index in [0.717, 1.165) is 24.1 Å². The highest BCUT2D eigenvalue weighted by Crippen LogP contribution is 2.22. The van der Waals surface area contributed by atoms with Gasteiger partial charge >= 0.3 is 0 Å². The molecule has 0 amide bonds. The zero-order valence-corrected chi connectivity index (χ0v) is 11.9. The van der Waals surface area contributed by atoms with E-state index in [0.29, 0.717) is 5.56 Å². The molecule has 2 nitrogen and oxygen atoms in total. The summed E-state index contributed by atoms with van der Waals surface area (Å²) in [7, 11) is 0. The van der Waals surface area contributed by atoms with E-state index < -0.39 is 0 Å². The van der Waals surface area contributed by atoms with Crippen LogP contribution >= 0.6 is 0 Å². The van der Waals surface area contributed by atoms with E-state index >= 15 is 0 Å². The maximum Gasteiger partial charge on any atom is 0.150 e. The average molecular weight is 265 g/mol. The summed E-state index contributed by atoms with van der Waals surface area (Å²) in [5.41, 5.74) is 5.15. The molecule has 0 radical (unpaired) electrons. The van der Waals surface area contributed by atoms with Gasteiger partial charge in [0.1, 0.15) is 0 Å². The number of aryl methyl sites for hydroxylation is 1. The number of carbonyl (C=O) groups excluding carboxylic acids is 1. The van der Waals surface area contributed by atoms with Crippen LogP contribution in [0.4, 0.5) is 5.69 Å². The lowest BCUT2D eigenvalue weighted by molar-refractivity contribution is 0.112. The molecule has 0 fully saturated rings. The molecule has 2 aromatic rings. The van der Waals surface area contributed by atoms with Gasteiger partial charge in [-0.05, 0) is 31.0 Å². The molecular formula is C18H19NO. The van der Waals surface area contributed by atoms with Crippen LogP contribution in [0.2, 0.25) is 0 Å². The molecule has 1 N–H and O–H groups in total. The van der Waals surface area contributed by atoms with Gasteiger partial charge in [-0.3, -0.25) is 4.79 Å². The van der Waals surface area contributed by atoms with Gasteiger partial charge in [0.05, 0.1) is 0 Å². The summed E-state index contributed by atoms with van der Waals surface area (Å²) in [6.45, 7) is 4.80. The molecule has 102 valence electrons. The predicted octanol–water partition coefficient (Wildman–Crippen LogP) is 4.45. The van der Waals surface area contributed by atoms with Crippen LogP contribution in [0.15, 0.2) is 48.5 Å². The van der Waals surface area contributed by atoms with Crippen molar-refractivity contribution >= 4 is 18.0 Å². The number of allylic oxidation sites excluding steroid dienone is 1. The number of aldehydes is 1. The monoisotopic (exact) mass is 265 g/mol. The SMILES string of the molecule is C/C=C\c1c(C=O)cccc1NCc1ccccc1C. The standard InChI is InChI=1S/C18H19NO/c1-3-7-17-16(13-20)10-6-11-18(17)19-12-15-9-5-4-8-14(15)2/h3-11,13,19H,12H2,1-2H3/b7-3-. The van der Waals surface area contributed by atoms with Crippen molar-refractivity contribution in [2.24, 2.45) is 0 Å². The van der Waals surface area contributed by atoms with E-state index in [1.807, 2.05) is 49.4 Å². The minimum atomic E-state index is 0.706. The van der Waals surface area contributed by atoms with Gasteiger partial charge < -0.3 is 5.32 Å². The zero-order chi connectivity index (χ0) is 14.4. The van der Waals surface area contributed by atoms with Crippen LogP contribution in [0.5, 0.6) is 0 Å². The first-order chi connectivity index (χ1) is 9.76. The van der Waals surface area contributed by atoms with Crippen LogP contribution in [0.3, 0.4) is 0 Å². The number of nitrogens with one attached hydrogen (secondary N) is 1. The second-order valence-electron chi connectivity index (χ2n) is 4.71. The van der Waals surface area contributed by atoms with Crippen LogP contribution < -0.4 is 5.32 Å². The summed E-state index contributed by atoms with van der Waals surface area (Å²) in [5.74, 6) is 0. The van der Waals surface area contributed by atoms with E-state index in [2.05, 4.69) is 24.4 Å². The fraction of sp³-hybridized carbons (Fsp3) is 0.167. The highest BCUT2D eigenvalue weighted by atomic mass is 16.1. The summed E-state index contributed by atoms with van der Waals surface area (Å²) in [4.78, 5) is 11.1. The smallest absolute Gasteiger partial charge is 0.150 e. The summed E-state index contributed by atoms with van der Waals surface area (Å²) in [5, 5.41) is 3.42. The highest BCUT2D eigenvalue weighted by Gasteiger charge is 2.05. The van der Waals surface area contributed by atoms with Crippen LogP contribution in [0, 0.1) is 6.92 Å². The van der Waals surface area contributed by atoms with Crippen molar-refractivity contribution in [3.8, 4) is 0 Å². The topological polar surface area (TPSA) is 29.1 Å². The number of hydrogen-bond acceptors (Lipinski definition) is 2. The predicted molar refractivity (Wildman–Crippen MR) is 85.0 cm³/mol.